The van der Waals surface area contributed by atoms with Crippen LogP contribution in [-0.4, -0.2) is 17.7 Å². The lowest BCUT2D eigenvalue weighted by Gasteiger charge is -2.13. The van der Waals surface area contributed by atoms with E-state index >= 15 is 0 Å². The zero-order valence-electron chi connectivity index (χ0n) is 9.01. The molecule has 0 aromatic heterocycles. The summed E-state index contributed by atoms with van der Waals surface area (Å²) >= 11 is 0. The van der Waals surface area contributed by atoms with Crippen molar-refractivity contribution in [1.82, 2.24) is 5.32 Å². The minimum absolute atomic E-state index is 0.158. The lowest BCUT2D eigenvalue weighted by Crippen LogP contribution is -2.12. The van der Waals surface area contributed by atoms with Gasteiger partial charge >= 0.3 is 6.09 Å². The monoisotopic (exact) mass is 229 g/mol. The van der Waals surface area contributed by atoms with Crippen LogP contribution in [0.3, 0.4) is 0 Å². The van der Waals surface area contributed by atoms with Crippen LogP contribution in [0.4, 0.5) is 4.79 Å². The van der Waals surface area contributed by atoms with Gasteiger partial charge in [-0.2, -0.15) is 0 Å². The number of amides is 1. The Morgan fingerprint density at radius 1 is 1.24 bits per heavy atom. The lowest BCUT2D eigenvalue weighted by molar-refractivity contribution is 0.140. The molecule has 1 fully saturated rings. The molecule has 0 aliphatic carbocycles. The van der Waals surface area contributed by atoms with Crippen LogP contribution in [0, 0.1) is 0 Å². The molecule has 86 valence electrons. The van der Waals surface area contributed by atoms with Crippen molar-refractivity contribution >= 4 is 16.9 Å². The maximum atomic E-state index is 11.1. The quantitative estimate of drug-likeness (QED) is 0.789. The number of carbonyl (C=O) groups is 1. The Morgan fingerprint density at radius 2 is 2.06 bits per heavy atom. The largest absolute Gasteiger partial charge is 0.508 e. The Morgan fingerprint density at radius 3 is 2.82 bits per heavy atom. The fraction of sp³-hybridized carbons (Fsp3) is 0.154. The number of aromatic hydroxyl groups is 1. The van der Waals surface area contributed by atoms with E-state index < -0.39 is 12.2 Å². The molecule has 1 heterocycles. The van der Waals surface area contributed by atoms with E-state index in [4.69, 9.17) is 4.74 Å². The molecule has 1 amide bonds. The zero-order chi connectivity index (χ0) is 11.8. The maximum Gasteiger partial charge on any atom is 0.407 e. The molecule has 4 heteroatoms. The highest BCUT2D eigenvalue weighted by Gasteiger charge is 2.27. The number of phenolic OH excluding ortho intramolecular Hbond substituents is 1. The molecule has 0 radical (unpaired) electrons. The first kappa shape index (κ1) is 9.96. The summed E-state index contributed by atoms with van der Waals surface area (Å²) in [5.41, 5.74) is 0.668. The van der Waals surface area contributed by atoms with Crippen LogP contribution in [0.1, 0.15) is 11.7 Å². The summed E-state index contributed by atoms with van der Waals surface area (Å²) in [7, 11) is 0. The summed E-state index contributed by atoms with van der Waals surface area (Å²) in [4.78, 5) is 11.1. The van der Waals surface area contributed by atoms with E-state index in [1.54, 1.807) is 6.07 Å². The molecular weight excluding hydrogens is 218 g/mol. The van der Waals surface area contributed by atoms with E-state index in [0.717, 1.165) is 10.8 Å². The predicted octanol–water partition coefficient (Wildman–Crippen LogP) is 2.33. The standard InChI is InChI=1S/C13H11NO3/c15-10-6-5-8-3-1-2-4-9(8)12(10)11-7-14-13(16)17-11/h1-6,11,15H,7H2,(H,14,16). The van der Waals surface area contributed by atoms with Gasteiger partial charge in [-0.15, -0.1) is 0 Å². The smallest absolute Gasteiger partial charge is 0.407 e. The van der Waals surface area contributed by atoms with Crippen LogP contribution in [0.25, 0.3) is 10.8 Å². The SMILES string of the molecule is O=C1NCC(c2c(O)ccc3ccccc23)O1. The van der Waals surface area contributed by atoms with Crippen LogP contribution < -0.4 is 5.32 Å². The number of cyclic esters (lactones) is 1. The van der Waals surface area contributed by atoms with Gasteiger partial charge in [0.2, 0.25) is 0 Å². The lowest BCUT2D eigenvalue weighted by atomic mass is 9.99. The number of ether oxygens (including phenoxy) is 1. The van der Waals surface area contributed by atoms with Gasteiger partial charge in [-0.1, -0.05) is 30.3 Å². The summed E-state index contributed by atoms with van der Waals surface area (Å²) in [6.07, 6.45) is -0.865. The summed E-state index contributed by atoms with van der Waals surface area (Å²) in [6, 6.07) is 11.2. The first-order valence-corrected chi connectivity index (χ1v) is 5.41. The minimum Gasteiger partial charge on any atom is -0.508 e. The van der Waals surface area contributed by atoms with E-state index in [1.165, 1.54) is 0 Å². The number of nitrogens with one attached hydrogen (secondary N) is 1. The second kappa shape index (κ2) is 3.66. The van der Waals surface area contributed by atoms with E-state index in [9.17, 15) is 9.90 Å². The number of hydrogen-bond donors (Lipinski definition) is 2. The fourth-order valence-electron chi connectivity index (χ4n) is 2.17. The highest BCUT2D eigenvalue weighted by molar-refractivity contribution is 5.88. The van der Waals surface area contributed by atoms with Crippen molar-refractivity contribution in [2.75, 3.05) is 6.54 Å². The topological polar surface area (TPSA) is 58.6 Å². The molecule has 1 aliphatic rings. The van der Waals surface area contributed by atoms with Crippen LogP contribution in [0.2, 0.25) is 0 Å². The summed E-state index contributed by atoms with van der Waals surface area (Å²) < 4.78 is 5.13. The van der Waals surface area contributed by atoms with Gasteiger partial charge in [-0.3, -0.25) is 0 Å². The van der Waals surface area contributed by atoms with Gasteiger partial charge < -0.3 is 15.2 Å². The van der Waals surface area contributed by atoms with E-state index in [2.05, 4.69) is 5.32 Å². The average molecular weight is 229 g/mol. The number of fused-ring (bicyclic) bond motifs is 1. The number of hydrogen-bond acceptors (Lipinski definition) is 3. The molecule has 2 aromatic rings. The Bertz CT molecular complexity index is 594. The molecule has 1 atom stereocenters. The van der Waals surface area contributed by atoms with Gasteiger partial charge in [0.15, 0.2) is 6.10 Å². The summed E-state index contributed by atoms with van der Waals surface area (Å²) in [6.45, 7) is 0.389. The van der Waals surface area contributed by atoms with Crippen molar-refractivity contribution in [3.8, 4) is 5.75 Å². The Kier molecular flexibility index (Phi) is 2.14. The van der Waals surface area contributed by atoms with E-state index in [-0.39, 0.29) is 5.75 Å². The summed E-state index contributed by atoms with van der Waals surface area (Å²) in [5.74, 6) is 0.158. The molecule has 4 nitrogen and oxygen atoms in total. The molecule has 3 rings (SSSR count). The Hall–Kier alpha value is -2.23. The molecule has 0 spiro atoms. The number of benzene rings is 2. The van der Waals surface area contributed by atoms with Gasteiger partial charge in [0.25, 0.3) is 0 Å². The number of carbonyl (C=O) groups excluding carboxylic acids is 1. The Balaban J connectivity index is 2.20. The van der Waals surface area contributed by atoms with Crippen LogP contribution in [0.5, 0.6) is 5.75 Å². The van der Waals surface area contributed by atoms with Crippen LogP contribution in [-0.2, 0) is 4.74 Å². The zero-order valence-corrected chi connectivity index (χ0v) is 9.01. The second-order valence-electron chi connectivity index (χ2n) is 3.99. The first-order valence-electron chi connectivity index (χ1n) is 5.41. The molecule has 0 saturated carbocycles. The van der Waals surface area contributed by atoms with Gasteiger partial charge in [0, 0.05) is 5.56 Å². The van der Waals surface area contributed by atoms with Crippen LogP contribution >= 0.6 is 0 Å². The van der Waals surface area contributed by atoms with Crippen LogP contribution in [0.15, 0.2) is 36.4 Å². The molecule has 1 aliphatic heterocycles. The molecule has 17 heavy (non-hydrogen) atoms. The highest BCUT2D eigenvalue weighted by atomic mass is 16.6. The van der Waals surface area contributed by atoms with Gasteiger partial charge in [0.1, 0.15) is 5.75 Å². The maximum absolute atomic E-state index is 11.1. The van der Waals surface area contributed by atoms with Crippen molar-refractivity contribution in [2.24, 2.45) is 0 Å². The third-order valence-corrected chi connectivity index (χ3v) is 2.95. The fourth-order valence-corrected chi connectivity index (χ4v) is 2.17. The van der Waals surface area contributed by atoms with Gasteiger partial charge in [0.05, 0.1) is 6.54 Å². The van der Waals surface area contributed by atoms with Crippen molar-refractivity contribution < 1.29 is 14.6 Å². The average Bonchev–Trinajstić information content (AvgIpc) is 2.75. The first-order chi connectivity index (χ1) is 8.25. The number of rotatable bonds is 1. The molecule has 1 saturated heterocycles. The third kappa shape index (κ3) is 1.58. The van der Waals surface area contributed by atoms with Crippen molar-refractivity contribution in [2.45, 2.75) is 6.10 Å². The van der Waals surface area contributed by atoms with Crippen molar-refractivity contribution in [1.29, 1.82) is 0 Å². The van der Waals surface area contributed by atoms with Crippen molar-refractivity contribution in [3.63, 3.8) is 0 Å². The second-order valence-corrected chi connectivity index (χ2v) is 3.99. The van der Waals surface area contributed by atoms with Crippen molar-refractivity contribution in [3.05, 3.63) is 42.0 Å². The van der Waals surface area contributed by atoms with E-state index in [1.807, 2.05) is 30.3 Å². The molecule has 1 unspecified atom stereocenters. The molecule has 2 N–H and O–H groups in total. The van der Waals surface area contributed by atoms with Gasteiger partial charge in [-0.05, 0) is 16.8 Å². The summed E-state index contributed by atoms with van der Waals surface area (Å²) in [5, 5.41) is 14.5. The Labute approximate surface area is 97.8 Å². The molecule has 0 bridgehead atoms. The molecule has 2 aromatic carbocycles. The normalized spacial score (nSPS) is 19.1. The van der Waals surface area contributed by atoms with E-state index in [0.29, 0.717) is 12.1 Å². The highest BCUT2D eigenvalue weighted by Crippen LogP contribution is 2.35. The predicted molar refractivity (Wildman–Crippen MR) is 62.8 cm³/mol. The number of alkyl carbamates (subject to hydrolysis) is 1. The molecular formula is C13H11NO3. The number of phenols is 1. The minimum atomic E-state index is -0.442. The third-order valence-electron chi connectivity index (χ3n) is 2.95. The van der Waals surface area contributed by atoms with Gasteiger partial charge in [-0.25, -0.2) is 4.79 Å².